The highest BCUT2D eigenvalue weighted by molar-refractivity contribution is 5.21. The number of halogens is 2. The van der Waals surface area contributed by atoms with Gasteiger partial charge in [-0.1, -0.05) is 12.1 Å². The van der Waals surface area contributed by atoms with E-state index in [1.54, 1.807) is 13.2 Å². The molecule has 1 saturated heterocycles. The molecule has 2 N–H and O–H groups in total. The summed E-state index contributed by atoms with van der Waals surface area (Å²) in [5.41, 5.74) is 5.95. The van der Waals surface area contributed by atoms with Crippen LogP contribution in [0.5, 0.6) is 0 Å². The van der Waals surface area contributed by atoms with Crippen molar-refractivity contribution in [3.05, 3.63) is 35.4 Å². The molecule has 3 nitrogen and oxygen atoms in total. The number of nitrogens with two attached hydrogens (primary N) is 1. The third kappa shape index (κ3) is 2.94. The Hall–Kier alpha value is -1.04. The van der Waals surface area contributed by atoms with Gasteiger partial charge < -0.3 is 15.2 Å². The normalized spacial score (nSPS) is 20.2. The van der Waals surface area contributed by atoms with Crippen molar-refractivity contribution < 1.29 is 18.3 Å². The van der Waals surface area contributed by atoms with Crippen LogP contribution in [0.25, 0.3) is 0 Å². The second kappa shape index (κ2) is 5.94. The smallest absolute Gasteiger partial charge is 0.162 e. The number of rotatable bonds is 4. The second-order valence-corrected chi connectivity index (χ2v) is 4.90. The minimum Gasteiger partial charge on any atom is -0.381 e. The van der Waals surface area contributed by atoms with Crippen LogP contribution >= 0.6 is 0 Å². The summed E-state index contributed by atoms with van der Waals surface area (Å²) in [4.78, 5) is 0. The SMILES string of the molecule is COC1(C(N)Cc2cccc(F)c2F)CCOCC1. The van der Waals surface area contributed by atoms with Crippen LogP contribution in [0.1, 0.15) is 18.4 Å². The van der Waals surface area contributed by atoms with Crippen molar-refractivity contribution in [1.82, 2.24) is 0 Å². The molecule has 1 unspecified atom stereocenters. The molecule has 1 aliphatic heterocycles. The van der Waals surface area contributed by atoms with Gasteiger partial charge in [-0.3, -0.25) is 0 Å². The summed E-state index contributed by atoms with van der Waals surface area (Å²) in [6.07, 6.45) is 1.58. The Kier molecular flexibility index (Phi) is 4.50. The Morgan fingerprint density at radius 3 is 2.68 bits per heavy atom. The third-order valence-corrected chi connectivity index (χ3v) is 3.89. The van der Waals surface area contributed by atoms with Gasteiger partial charge in [-0.2, -0.15) is 0 Å². The highest BCUT2D eigenvalue weighted by atomic mass is 19.2. The van der Waals surface area contributed by atoms with Crippen molar-refractivity contribution in [2.75, 3.05) is 20.3 Å². The molecule has 5 heteroatoms. The number of benzene rings is 1. The van der Waals surface area contributed by atoms with E-state index in [2.05, 4.69) is 0 Å². The van der Waals surface area contributed by atoms with Gasteiger partial charge in [0.25, 0.3) is 0 Å². The van der Waals surface area contributed by atoms with E-state index in [1.165, 1.54) is 6.07 Å². The molecule has 19 heavy (non-hydrogen) atoms. The van der Waals surface area contributed by atoms with Crippen molar-refractivity contribution in [2.24, 2.45) is 5.73 Å². The van der Waals surface area contributed by atoms with E-state index in [9.17, 15) is 8.78 Å². The Bertz CT molecular complexity index is 433. The molecule has 2 rings (SSSR count). The average Bonchev–Trinajstić information content (AvgIpc) is 2.44. The molecule has 1 heterocycles. The summed E-state index contributed by atoms with van der Waals surface area (Å²) in [5.74, 6) is -1.67. The quantitative estimate of drug-likeness (QED) is 0.911. The Balaban J connectivity index is 2.15. The molecule has 1 aromatic rings. The van der Waals surface area contributed by atoms with Gasteiger partial charge in [0.2, 0.25) is 0 Å². The fraction of sp³-hybridized carbons (Fsp3) is 0.571. The summed E-state index contributed by atoms with van der Waals surface area (Å²) in [7, 11) is 1.60. The zero-order valence-corrected chi connectivity index (χ0v) is 11.0. The number of methoxy groups -OCH3 is 1. The molecule has 0 aliphatic carbocycles. The lowest BCUT2D eigenvalue weighted by molar-refractivity contribution is -0.103. The van der Waals surface area contributed by atoms with Gasteiger partial charge in [0.1, 0.15) is 0 Å². The second-order valence-electron chi connectivity index (χ2n) is 4.90. The highest BCUT2D eigenvalue weighted by Crippen LogP contribution is 2.29. The lowest BCUT2D eigenvalue weighted by Crippen LogP contribution is -2.54. The first-order valence-electron chi connectivity index (χ1n) is 6.40. The molecular formula is C14H19F2NO2. The zero-order valence-electron chi connectivity index (χ0n) is 11.0. The van der Waals surface area contributed by atoms with Crippen LogP contribution in [0.3, 0.4) is 0 Å². The van der Waals surface area contributed by atoms with E-state index in [1.807, 2.05) is 0 Å². The molecule has 0 saturated carbocycles. The third-order valence-electron chi connectivity index (χ3n) is 3.89. The van der Waals surface area contributed by atoms with Crippen molar-refractivity contribution in [1.29, 1.82) is 0 Å². The van der Waals surface area contributed by atoms with Crippen LogP contribution in [0, 0.1) is 11.6 Å². The largest absolute Gasteiger partial charge is 0.381 e. The minimum absolute atomic E-state index is 0.247. The van der Waals surface area contributed by atoms with Gasteiger partial charge in [0.15, 0.2) is 11.6 Å². The van der Waals surface area contributed by atoms with Crippen LogP contribution in [0.15, 0.2) is 18.2 Å². The summed E-state index contributed by atoms with van der Waals surface area (Å²) in [6.45, 7) is 1.15. The fourth-order valence-electron chi connectivity index (χ4n) is 2.57. The zero-order chi connectivity index (χ0) is 13.9. The summed E-state index contributed by atoms with van der Waals surface area (Å²) in [5, 5.41) is 0. The lowest BCUT2D eigenvalue weighted by atomic mass is 9.83. The van der Waals surface area contributed by atoms with Gasteiger partial charge in [0.05, 0.1) is 5.60 Å². The summed E-state index contributed by atoms with van der Waals surface area (Å²) < 4.78 is 37.7. The summed E-state index contributed by atoms with van der Waals surface area (Å²) in [6, 6.07) is 3.76. The van der Waals surface area contributed by atoms with Crippen LogP contribution in [-0.4, -0.2) is 32.0 Å². The Morgan fingerprint density at radius 1 is 1.37 bits per heavy atom. The van der Waals surface area contributed by atoms with Gasteiger partial charge in [0, 0.05) is 39.2 Å². The van der Waals surface area contributed by atoms with Crippen LogP contribution in [0.2, 0.25) is 0 Å². The molecule has 0 spiro atoms. The maximum absolute atomic E-state index is 13.7. The van der Waals surface area contributed by atoms with Crippen LogP contribution in [0.4, 0.5) is 8.78 Å². The molecule has 0 bridgehead atoms. The minimum atomic E-state index is -0.844. The molecule has 0 radical (unpaired) electrons. The maximum atomic E-state index is 13.7. The van der Waals surface area contributed by atoms with E-state index >= 15 is 0 Å². The van der Waals surface area contributed by atoms with Gasteiger partial charge >= 0.3 is 0 Å². The van der Waals surface area contributed by atoms with Gasteiger partial charge in [-0.15, -0.1) is 0 Å². The molecule has 1 fully saturated rings. The van der Waals surface area contributed by atoms with E-state index < -0.39 is 23.3 Å². The van der Waals surface area contributed by atoms with Gasteiger partial charge in [-0.25, -0.2) is 8.78 Å². The van der Waals surface area contributed by atoms with Crippen molar-refractivity contribution in [3.8, 4) is 0 Å². The van der Waals surface area contributed by atoms with Gasteiger partial charge in [-0.05, 0) is 18.1 Å². The predicted octanol–water partition coefficient (Wildman–Crippen LogP) is 2.03. The molecule has 0 aromatic heterocycles. The topological polar surface area (TPSA) is 44.5 Å². The van der Waals surface area contributed by atoms with Crippen LogP contribution in [-0.2, 0) is 15.9 Å². The Labute approximate surface area is 111 Å². The summed E-state index contributed by atoms with van der Waals surface area (Å²) >= 11 is 0. The standard InChI is InChI=1S/C14H19F2NO2/c1-18-14(5-7-19-8-6-14)12(17)9-10-3-2-4-11(15)13(10)16/h2-4,12H,5-9,17H2,1H3. The Morgan fingerprint density at radius 2 is 2.05 bits per heavy atom. The maximum Gasteiger partial charge on any atom is 0.162 e. The average molecular weight is 271 g/mol. The molecule has 1 atom stereocenters. The molecular weight excluding hydrogens is 252 g/mol. The lowest BCUT2D eigenvalue weighted by Gasteiger charge is -2.40. The van der Waals surface area contributed by atoms with E-state index in [0.29, 0.717) is 26.1 Å². The number of hydrogen-bond donors (Lipinski definition) is 1. The number of hydrogen-bond acceptors (Lipinski definition) is 3. The molecule has 1 aromatic carbocycles. The van der Waals surface area contributed by atoms with E-state index in [-0.39, 0.29) is 12.0 Å². The van der Waals surface area contributed by atoms with Crippen molar-refractivity contribution >= 4 is 0 Å². The van der Waals surface area contributed by atoms with Crippen LogP contribution < -0.4 is 5.73 Å². The first-order valence-corrected chi connectivity index (χ1v) is 6.40. The fourth-order valence-corrected chi connectivity index (χ4v) is 2.57. The van der Waals surface area contributed by atoms with E-state index in [4.69, 9.17) is 15.2 Å². The van der Waals surface area contributed by atoms with Crippen molar-refractivity contribution in [3.63, 3.8) is 0 Å². The van der Waals surface area contributed by atoms with Crippen molar-refractivity contribution in [2.45, 2.75) is 30.9 Å². The van der Waals surface area contributed by atoms with E-state index in [0.717, 1.165) is 6.07 Å². The molecule has 0 amide bonds. The monoisotopic (exact) mass is 271 g/mol. The molecule has 106 valence electrons. The first-order chi connectivity index (χ1) is 9.09. The molecule has 1 aliphatic rings. The first kappa shape index (κ1) is 14.4. The number of ether oxygens (including phenoxy) is 2. The highest BCUT2D eigenvalue weighted by Gasteiger charge is 2.38. The predicted molar refractivity (Wildman–Crippen MR) is 67.8 cm³/mol.